The highest BCUT2D eigenvalue weighted by molar-refractivity contribution is 7.81. The molecule has 3 aromatic carbocycles. The number of ether oxygens (including phenoxy) is 3. The summed E-state index contributed by atoms with van der Waals surface area (Å²) in [5, 5.41) is -0.181. The molecule has 1 aromatic heterocycles. The Hall–Kier alpha value is -3.59. The highest BCUT2D eigenvalue weighted by atomic mass is 32.1. The average Bonchev–Trinajstić information content (AvgIpc) is 3.32. The standard InChI is InChI=1S/C30H30N2O5S/c1-20-18-32(29(34)31-28(20)33)27-17-26(38)25(37-27)19-36-30(21-9-5-3-6-10-21,22-11-7-4-8-12-22)23-13-15-24(35-2)16-14-23/h3-16,18,25-27,38H,17,19H2,1-2H3,(H,31,33,34)/t25-,26-,27-/m1/s1. The number of benzene rings is 3. The zero-order valence-electron chi connectivity index (χ0n) is 21.2. The van der Waals surface area contributed by atoms with Crippen molar-refractivity contribution in [2.75, 3.05) is 13.7 Å². The van der Waals surface area contributed by atoms with Gasteiger partial charge in [0, 0.05) is 23.4 Å². The summed E-state index contributed by atoms with van der Waals surface area (Å²) in [5.74, 6) is 0.753. The van der Waals surface area contributed by atoms with Crippen molar-refractivity contribution in [1.82, 2.24) is 9.55 Å². The number of methoxy groups -OCH3 is 1. The second-order valence-electron chi connectivity index (χ2n) is 9.36. The summed E-state index contributed by atoms with van der Waals surface area (Å²) in [7, 11) is 1.64. The molecule has 7 nitrogen and oxygen atoms in total. The molecule has 4 aromatic rings. The lowest BCUT2D eigenvalue weighted by Gasteiger charge is -2.37. The van der Waals surface area contributed by atoms with Crippen molar-refractivity contribution in [3.8, 4) is 5.75 Å². The van der Waals surface area contributed by atoms with E-state index in [0.29, 0.717) is 12.0 Å². The molecule has 38 heavy (non-hydrogen) atoms. The molecule has 1 N–H and O–H groups in total. The first-order valence-corrected chi connectivity index (χ1v) is 13.0. The minimum absolute atomic E-state index is 0.181. The van der Waals surface area contributed by atoms with Crippen LogP contribution in [0.25, 0.3) is 0 Å². The van der Waals surface area contributed by atoms with Gasteiger partial charge in [0.1, 0.15) is 17.6 Å². The van der Waals surface area contributed by atoms with Gasteiger partial charge in [-0.25, -0.2) is 4.79 Å². The van der Waals surface area contributed by atoms with Gasteiger partial charge in [-0.15, -0.1) is 0 Å². The van der Waals surface area contributed by atoms with Crippen LogP contribution in [0.15, 0.2) is 101 Å². The highest BCUT2D eigenvalue weighted by Gasteiger charge is 2.41. The van der Waals surface area contributed by atoms with E-state index < -0.39 is 29.2 Å². The van der Waals surface area contributed by atoms with E-state index in [4.69, 9.17) is 26.8 Å². The lowest BCUT2D eigenvalue weighted by atomic mass is 9.80. The van der Waals surface area contributed by atoms with Crippen LogP contribution in [0.1, 0.15) is 34.9 Å². The van der Waals surface area contributed by atoms with E-state index >= 15 is 0 Å². The molecule has 8 heteroatoms. The van der Waals surface area contributed by atoms with Crippen molar-refractivity contribution in [3.05, 3.63) is 134 Å². The van der Waals surface area contributed by atoms with Gasteiger partial charge in [-0.3, -0.25) is 14.3 Å². The average molecular weight is 531 g/mol. The van der Waals surface area contributed by atoms with Crippen LogP contribution in [0, 0.1) is 6.92 Å². The van der Waals surface area contributed by atoms with Gasteiger partial charge in [-0.05, 0) is 35.7 Å². The number of thiol groups is 1. The Bertz CT molecular complexity index is 1450. The van der Waals surface area contributed by atoms with Gasteiger partial charge in [0.2, 0.25) is 0 Å². The minimum atomic E-state index is -0.935. The van der Waals surface area contributed by atoms with Gasteiger partial charge in [0.05, 0.1) is 19.8 Å². The van der Waals surface area contributed by atoms with Gasteiger partial charge >= 0.3 is 5.69 Å². The Morgan fingerprint density at radius 2 is 1.53 bits per heavy atom. The predicted molar refractivity (Wildman–Crippen MR) is 149 cm³/mol. The SMILES string of the molecule is COc1ccc(C(OC[C@H]2O[C@@H](n3cc(C)c(=O)[nH]c3=O)C[C@H]2S)(c2ccccc2)c2ccccc2)cc1. The number of nitrogens with one attached hydrogen (secondary N) is 1. The molecular weight excluding hydrogens is 500 g/mol. The monoisotopic (exact) mass is 530 g/mol. The number of nitrogens with zero attached hydrogens (tertiary/aromatic N) is 1. The first-order valence-electron chi connectivity index (χ1n) is 12.5. The molecular formula is C30H30N2O5S. The topological polar surface area (TPSA) is 82.6 Å². The van der Waals surface area contributed by atoms with Gasteiger partial charge in [-0.1, -0.05) is 72.8 Å². The number of aromatic amines is 1. The molecule has 196 valence electrons. The van der Waals surface area contributed by atoms with Crippen LogP contribution in [-0.2, 0) is 15.1 Å². The molecule has 1 aliphatic rings. The highest BCUT2D eigenvalue weighted by Crippen LogP contribution is 2.42. The normalized spacial score (nSPS) is 19.4. The summed E-state index contributed by atoms with van der Waals surface area (Å²) in [5.41, 5.74) is 1.47. The van der Waals surface area contributed by atoms with E-state index in [9.17, 15) is 9.59 Å². The molecule has 1 fully saturated rings. The molecule has 1 saturated heterocycles. The fourth-order valence-electron chi connectivity index (χ4n) is 4.96. The molecule has 2 heterocycles. The Morgan fingerprint density at radius 1 is 0.947 bits per heavy atom. The molecule has 0 spiro atoms. The quantitative estimate of drug-likeness (QED) is 0.260. The summed E-state index contributed by atoms with van der Waals surface area (Å²) in [6.07, 6.45) is 1.07. The largest absolute Gasteiger partial charge is 0.497 e. The number of hydrogen-bond donors (Lipinski definition) is 2. The molecule has 0 aliphatic carbocycles. The van der Waals surface area contributed by atoms with E-state index in [1.165, 1.54) is 10.8 Å². The Labute approximate surface area is 226 Å². The second kappa shape index (κ2) is 11.0. The van der Waals surface area contributed by atoms with Crippen LogP contribution in [0.5, 0.6) is 5.75 Å². The zero-order valence-corrected chi connectivity index (χ0v) is 22.1. The van der Waals surface area contributed by atoms with Crippen molar-refractivity contribution >= 4 is 12.6 Å². The van der Waals surface area contributed by atoms with E-state index in [1.54, 1.807) is 14.0 Å². The summed E-state index contributed by atoms with van der Waals surface area (Å²) in [6, 6.07) is 28.0. The van der Waals surface area contributed by atoms with Crippen molar-refractivity contribution in [1.29, 1.82) is 0 Å². The molecule has 3 atom stereocenters. The number of aromatic nitrogens is 2. The summed E-state index contributed by atoms with van der Waals surface area (Å²) >= 11 is 4.79. The van der Waals surface area contributed by atoms with Crippen molar-refractivity contribution < 1.29 is 14.2 Å². The Morgan fingerprint density at radius 3 is 2.11 bits per heavy atom. The fraction of sp³-hybridized carbons (Fsp3) is 0.267. The van der Waals surface area contributed by atoms with E-state index in [1.807, 2.05) is 60.7 Å². The predicted octanol–water partition coefficient (Wildman–Crippen LogP) is 4.45. The minimum Gasteiger partial charge on any atom is -0.497 e. The smallest absolute Gasteiger partial charge is 0.330 e. The van der Waals surface area contributed by atoms with Crippen molar-refractivity contribution in [3.63, 3.8) is 0 Å². The van der Waals surface area contributed by atoms with Crippen LogP contribution in [0.2, 0.25) is 0 Å². The Balaban J connectivity index is 1.52. The van der Waals surface area contributed by atoms with E-state index in [0.717, 1.165) is 22.4 Å². The summed E-state index contributed by atoms with van der Waals surface area (Å²) < 4.78 is 20.0. The van der Waals surface area contributed by atoms with Crippen molar-refractivity contribution in [2.24, 2.45) is 0 Å². The lowest BCUT2D eigenvalue weighted by Crippen LogP contribution is -2.37. The van der Waals surface area contributed by atoms with Crippen LogP contribution in [-0.4, -0.2) is 34.6 Å². The molecule has 1 aliphatic heterocycles. The first kappa shape index (κ1) is 26.0. The molecule has 0 saturated carbocycles. The first-order chi connectivity index (χ1) is 18.4. The van der Waals surface area contributed by atoms with Gasteiger partial charge in [-0.2, -0.15) is 12.6 Å². The lowest BCUT2D eigenvalue weighted by molar-refractivity contribution is -0.0764. The number of hydrogen-bond acceptors (Lipinski definition) is 6. The molecule has 5 rings (SSSR count). The second-order valence-corrected chi connectivity index (χ2v) is 10.0. The van der Waals surface area contributed by atoms with Crippen LogP contribution >= 0.6 is 12.6 Å². The van der Waals surface area contributed by atoms with Gasteiger partial charge in [0.15, 0.2) is 0 Å². The third-order valence-electron chi connectivity index (χ3n) is 6.98. The molecule has 0 amide bonds. The van der Waals surface area contributed by atoms with Crippen LogP contribution < -0.4 is 16.0 Å². The molecule has 0 radical (unpaired) electrons. The Kier molecular flexibility index (Phi) is 7.56. The number of rotatable bonds is 8. The maximum Gasteiger partial charge on any atom is 0.330 e. The molecule has 0 unspecified atom stereocenters. The third kappa shape index (κ3) is 4.95. The van der Waals surface area contributed by atoms with Gasteiger partial charge < -0.3 is 14.2 Å². The van der Waals surface area contributed by atoms with Crippen LogP contribution in [0.4, 0.5) is 0 Å². The maximum absolute atomic E-state index is 12.5. The zero-order chi connectivity index (χ0) is 26.7. The summed E-state index contributed by atoms with van der Waals surface area (Å²) in [4.78, 5) is 26.7. The summed E-state index contributed by atoms with van der Waals surface area (Å²) in [6.45, 7) is 1.88. The number of H-pyrrole nitrogens is 1. The van der Waals surface area contributed by atoms with Crippen LogP contribution in [0.3, 0.4) is 0 Å². The van der Waals surface area contributed by atoms with E-state index in [2.05, 4.69) is 29.2 Å². The van der Waals surface area contributed by atoms with Crippen molar-refractivity contribution in [2.45, 2.75) is 36.5 Å². The number of aryl methyl sites for hydroxylation is 1. The van der Waals surface area contributed by atoms with E-state index in [-0.39, 0.29) is 11.9 Å². The maximum atomic E-state index is 12.5. The molecule has 0 bridgehead atoms. The fourth-order valence-corrected chi connectivity index (χ4v) is 5.30. The third-order valence-corrected chi connectivity index (χ3v) is 7.52. The van der Waals surface area contributed by atoms with Gasteiger partial charge in [0.25, 0.3) is 5.56 Å².